The smallest absolute Gasteiger partial charge is 0.408 e. The van der Waals surface area contributed by atoms with Gasteiger partial charge in [-0.2, -0.15) is 0 Å². The highest BCUT2D eigenvalue weighted by molar-refractivity contribution is 5.71. The van der Waals surface area contributed by atoms with Crippen LogP contribution in [-0.2, 0) is 4.74 Å². The number of alkyl carbamates (subject to hydrolysis) is 1. The van der Waals surface area contributed by atoms with Gasteiger partial charge in [0.1, 0.15) is 17.6 Å². The van der Waals surface area contributed by atoms with E-state index in [2.05, 4.69) is 22.1 Å². The highest BCUT2D eigenvalue weighted by Crippen LogP contribution is 2.35. The molecule has 5 heteroatoms. The van der Waals surface area contributed by atoms with E-state index in [1.54, 1.807) is 12.1 Å². The lowest BCUT2D eigenvalue weighted by molar-refractivity contribution is 0.132. The number of aromatic nitrogens is 1. The number of rotatable bonds is 2. The Labute approximate surface area is 156 Å². The first-order valence-electron chi connectivity index (χ1n) is 8.46. The second-order valence-corrected chi connectivity index (χ2v) is 6.06. The Morgan fingerprint density at radius 2 is 1.70 bits per heavy atom. The molecule has 0 spiro atoms. The molecule has 4 rings (SSSR count). The molecule has 2 atom stereocenters. The summed E-state index contributed by atoms with van der Waals surface area (Å²) in [7, 11) is 0. The second kappa shape index (κ2) is 7.30. The van der Waals surface area contributed by atoms with Crippen LogP contribution in [0.2, 0.25) is 0 Å². The molecule has 132 valence electrons. The molecule has 0 bridgehead atoms. The SMILES string of the molecule is O=C1N[C@H](c2cccc(C#Cc3ccccc3)n2)[C@@H](c2ccc(F)cc2)O1. The number of carbonyl (C=O) groups excluding carboxylic acids is 1. The van der Waals surface area contributed by atoms with Gasteiger partial charge in [-0.25, -0.2) is 14.2 Å². The van der Waals surface area contributed by atoms with Gasteiger partial charge < -0.3 is 10.1 Å². The largest absolute Gasteiger partial charge is 0.439 e. The topological polar surface area (TPSA) is 51.2 Å². The van der Waals surface area contributed by atoms with Crippen molar-refractivity contribution in [2.24, 2.45) is 0 Å². The zero-order valence-corrected chi connectivity index (χ0v) is 14.2. The summed E-state index contributed by atoms with van der Waals surface area (Å²) in [5, 5.41) is 2.77. The fourth-order valence-electron chi connectivity index (χ4n) is 2.91. The van der Waals surface area contributed by atoms with Crippen molar-refractivity contribution in [2.75, 3.05) is 0 Å². The van der Waals surface area contributed by atoms with Crippen LogP contribution in [0.1, 0.15) is 34.7 Å². The number of cyclic esters (lactones) is 1. The summed E-state index contributed by atoms with van der Waals surface area (Å²) in [5.41, 5.74) is 2.82. The number of pyridine rings is 1. The predicted molar refractivity (Wildman–Crippen MR) is 98.2 cm³/mol. The summed E-state index contributed by atoms with van der Waals surface area (Å²) in [6, 6.07) is 20.5. The summed E-state index contributed by atoms with van der Waals surface area (Å²) < 4.78 is 18.6. The Hall–Kier alpha value is -3.65. The van der Waals surface area contributed by atoms with E-state index >= 15 is 0 Å². The van der Waals surface area contributed by atoms with E-state index in [0.717, 1.165) is 5.56 Å². The lowest BCUT2D eigenvalue weighted by atomic mass is 10.00. The molecule has 2 aromatic carbocycles. The maximum atomic E-state index is 13.2. The molecular weight excluding hydrogens is 343 g/mol. The molecule has 0 unspecified atom stereocenters. The van der Waals surface area contributed by atoms with E-state index < -0.39 is 18.2 Å². The average Bonchev–Trinajstić information content (AvgIpc) is 3.10. The van der Waals surface area contributed by atoms with Gasteiger partial charge in [-0.1, -0.05) is 42.3 Å². The number of hydrogen-bond acceptors (Lipinski definition) is 3. The lowest BCUT2D eigenvalue weighted by Gasteiger charge is -2.17. The van der Waals surface area contributed by atoms with Crippen molar-refractivity contribution >= 4 is 6.09 Å². The van der Waals surface area contributed by atoms with Crippen molar-refractivity contribution in [3.8, 4) is 11.8 Å². The molecule has 0 aliphatic carbocycles. The van der Waals surface area contributed by atoms with Crippen LogP contribution < -0.4 is 5.32 Å². The Balaban J connectivity index is 1.63. The third-order valence-electron chi connectivity index (χ3n) is 4.21. The number of amides is 1. The monoisotopic (exact) mass is 358 g/mol. The molecule has 1 fully saturated rings. The normalized spacial score (nSPS) is 18.2. The maximum Gasteiger partial charge on any atom is 0.408 e. The molecule has 0 saturated carbocycles. The van der Waals surface area contributed by atoms with Gasteiger partial charge in [0, 0.05) is 5.56 Å². The predicted octanol–water partition coefficient (Wildman–Crippen LogP) is 4.14. The number of ether oxygens (including phenoxy) is 1. The van der Waals surface area contributed by atoms with E-state index in [1.165, 1.54) is 12.1 Å². The fourth-order valence-corrected chi connectivity index (χ4v) is 2.91. The number of halogens is 1. The summed E-state index contributed by atoms with van der Waals surface area (Å²) >= 11 is 0. The third-order valence-corrected chi connectivity index (χ3v) is 4.21. The first-order valence-corrected chi connectivity index (χ1v) is 8.46. The molecule has 1 N–H and O–H groups in total. The van der Waals surface area contributed by atoms with Gasteiger partial charge in [-0.05, 0) is 47.9 Å². The van der Waals surface area contributed by atoms with Crippen molar-refractivity contribution in [3.63, 3.8) is 0 Å². The van der Waals surface area contributed by atoms with E-state index in [9.17, 15) is 9.18 Å². The van der Waals surface area contributed by atoms with Gasteiger partial charge in [-0.15, -0.1) is 0 Å². The van der Waals surface area contributed by atoms with Crippen molar-refractivity contribution in [1.29, 1.82) is 0 Å². The van der Waals surface area contributed by atoms with Gasteiger partial charge in [0.05, 0.1) is 5.69 Å². The minimum absolute atomic E-state index is 0.344. The lowest BCUT2D eigenvalue weighted by Crippen LogP contribution is -2.20. The van der Waals surface area contributed by atoms with Crippen LogP contribution in [-0.4, -0.2) is 11.1 Å². The molecule has 0 radical (unpaired) electrons. The van der Waals surface area contributed by atoms with Gasteiger partial charge in [0.2, 0.25) is 0 Å². The van der Waals surface area contributed by atoms with Crippen molar-refractivity contribution < 1.29 is 13.9 Å². The fraction of sp³-hybridized carbons (Fsp3) is 0.0909. The molecule has 4 nitrogen and oxygen atoms in total. The highest BCUT2D eigenvalue weighted by Gasteiger charge is 2.37. The first kappa shape index (κ1) is 16.8. The summed E-state index contributed by atoms with van der Waals surface area (Å²) in [6.07, 6.45) is -1.11. The summed E-state index contributed by atoms with van der Waals surface area (Å²) in [4.78, 5) is 16.4. The minimum atomic E-state index is -0.581. The summed E-state index contributed by atoms with van der Waals surface area (Å²) in [6.45, 7) is 0. The highest BCUT2D eigenvalue weighted by atomic mass is 19.1. The van der Waals surface area contributed by atoms with Gasteiger partial charge in [0.25, 0.3) is 0 Å². The Kier molecular flexibility index (Phi) is 4.54. The molecule has 1 aromatic heterocycles. The molecule has 1 amide bonds. The van der Waals surface area contributed by atoms with Gasteiger partial charge >= 0.3 is 6.09 Å². The van der Waals surface area contributed by atoms with E-state index in [1.807, 2.05) is 48.5 Å². The van der Waals surface area contributed by atoms with Crippen molar-refractivity contribution in [3.05, 3.63) is 101 Å². The zero-order chi connectivity index (χ0) is 18.6. The van der Waals surface area contributed by atoms with Crippen molar-refractivity contribution in [2.45, 2.75) is 12.1 Å². The number of nitrogens with zero attached hydrogens (tertiary/aromatic N) is 1. The van der Waals surface area contributed by atoms with Crippen LogP contribution in [0, 0.1) is 17.7 Å². The molecular formula is C22H15FN2O2. The first-order chi connectivity index (χ1) is 13.2. The minimum Gasteiger partial charge on any atom is -0.439 e. The third kappa shape index (κ3) is 3.80. The van der Waals surface area contributed by atoms with Crippen LogP contribution >= 0.6 is 0 Å². The molecule has 2 heterocycles. The van der Waals surface area contributed by atoms with Crippen LogP contribution in [0.15, 0.2) is 72.8 Å². The molecule has 1 aliphatic heterocycles. The Bertz CT molecular complexity index is 1020. The van der Waals surface area contributed by atoms with Crippen LogP contribution in [0.25, 0.3) is 0 Å². The van der Waals surface area contributed by atoms with Crippen LogP contribution in [0.3, 0.4) is 0 Å². The summed E-state index contributed by atoms with van der Waals surface area (Å²) in [5.74, 6) is 5.75. The number of hydrogen-bond donors (Lipinski definition) is 1. The van der Waals surface area contributed by atoms with Gasteiger partial charge in [0.15, 0.2) is 6.10 Å². The molecule has 1 saturated heterocycles. The van der Waals surface area contributed by atoms with E-state index in [4.69, 9.17) is 4.74 Å². The second-order valence-electron chi connectivity index (χ2n) is 6.06. The van der Waals surface area contributed by atoms with Gasteiger partial charge in [-0.3, -0.25) is 0 Å². The number of nitrogens with one attached hydrogen (secondary N) is 1. The van der Waals surface area contributed by atoms with E-state index in [-0.39, 0.29) is 5.82 Å². The molecule has 3 aromatic rings. The number of benzene rings is 2. The van der Waals surface area contributed by atoms with Crippen LogP contribution in [0.4, 0.5) is 9.18 Å². The number of carbonyl (C=O) groups is 1. The molecule has 1 aliphatic rings. The quantitative estimate of drug-likeness (QED) is 0.701. The van der Waals surface area contributed by atoms with Crippen molar-refractivity contribution in [1.82, 2.24) is 10.3 Å². The van der Waals surface area contributed by atoms with E-state index in [0.29, 0.717) is 17.0 Å². The van der Waals surface area contributed by atoms with Crippen LogP contribution in [0.5, 0.6) is 0 Å². The zero-order valence-electron chi connectivity index (χ0n) is 14.2. The standard InChI is InChI=1S/C22H15FN2O2/c23-17-12-10-16(11-13-17)21-20(25-22(26)27-21)19-8-4-7-18(24-19)14-9-15-5-2-1-3-6-15/h1-8,10-13,20-21H,(H,25,26)/t20-,21-/m1/s1. The Morgan fingerprint density at radius 3 is 2.48 bits per heavy atom. The Morgan fingerprint density at radius 1 is 0.926 bits per heavy atom. The molecule has 27 heavy (non-hydrogen) atoms. The maximum absolute atomic E-state index is 13.2. The average molecular weight is 358 g/mol.